The zero-order valence-electron chi connectivity index (χ0n) is 7.53. The topological polar surface area (TPSA) is 42.2 Å². The van der Waals surface area contributed by atoms with Crippen LogP contribution < -0.4 is 0 Å². The van der Waals surface area contributed by atoms with Crippen molar-refractivity contribution in [1.29, 1.82) is 0 Å². The second kappa shape index (κ2) is 3.41. The molecule has 4 nitrogen and oxygen atoms in total. The number of hydrogen-bond acceptors (Lipinski definition) is 4. The first-order valence-electron chi connectivity index (χ1n) is 4.39. The molecule has 1 fully saturated rings. The molecule has 0 N–H and O–H groups in total. The Labute approximate surface area is 75.7 Å². The van der Waals surface area contributed by atoms with Crippen molar-refractivity contribution >= 4 is 0 Å². The number of alkyl halides is 1. The van der Waals surface area contributed by atoms with Crippen molar-refractivity contribution in [2.24, 2.45) is 0 Å². The highest BCUT2D eigenvalue weighted by atomic mass is 19.1. The number of nitrogens with zero attached hydrogens (tertiary/aromatic N) is 3. The highest BCUT2D eigenvalue weighted by Crippen LogP contribution is 2.14. The molecule has 1 aliphatic heterocycles. The number of aromatic nitrogens is 2. The van der Waals surface area contributed by atoms with E-state index >= 15 is 0 Å². The molecule has 0 spiro atoms. The molecule has 0 bridgehead atoms. The summed E-state index contributed by atoms with van der Waals surface area (Å²) in [6, 6.07) is 0. The summed E-state index contributed by atoms with van der Waals surface area (Å²) in [5.74, 6) is 1.14. The third-order valence-corrected chi connectivity index (χ3v) is 2.14. The third-order valence-electron chi connectivity index (χ3n) is 2.14. The Kier molecular flexibility index (Phi) is 2.26. The van der Waals surface area contributed by atoms with Crippen LogP contribution in [0.4, 0.5) is 4.39 Å². The van der Waals surface area contributed by atoms with E-state index < -0.39 is 6.17 Å². The van der Waals surface area contributed by atoms with Gasteiger partial charge in [-0.15, -0.1) is 10.2 Å². The lowest BCUT2D eigenvalue weighted by Gasteiger charge is -2.10. The lowest BCUT2D eigenvalue weighted by molar-refractivity contribution is 0.258. The maximum Gasteiger partial charge on any atom is 0.230 e. The molecule has 72 valence electrons. The molecule has 0 amide bonds. The first kappa shape index (κ1) is 8.62. The number of aryl methyl sites for hydroxylation is 1. The van der Waals surface area contributed by atoms with Crippen molar-refractivity contribution < 1.29 is 8.81 Å². The molecule has 1 aliphatic rings. The summed E-state index contributed by atoms with van der Waals surface area (Å²) >= 11 is 0. The van der Waals surface area contributed by atoms with Crippen LogP contribution in [-0.2, 0) is 6.54 Å². The van der Waals surface area contributed by atoms with E-state index in [1.54, 1.807) is 6.92 Å². The Hall–Kier alpha value is -0.970. The molecular weight excluding hydrogens is 173 g/mol. The average Bonchev–Trinajstić information content (AvgIpc) is 2.62. The van der Waals surface area contributed by atoms with Crippen molar-refractivity contribution in [3.63, 3.8) is 0 Å². The van der Waals surface area contributed by atoms with E-state index in [2.05, 4.69) is 10.2 Å². The molecule has 1 aromatic heterocycles. The van der Waals surface area contributed by atoms with Gasteiger partial charge in [0.25, 0.3) is 0 Å². The molecule has 0 saturated carbocycles. The normalized spacial score (nSPS) is 24.0. The molecule has 1 unspecified atom stereocenters. The minimum atomic E-state index is -0.691. The number of likely N-dealkylation sites (tertiary alicyclic amines) is 1. The Balaban J connectivity index is 1.91. The first-order valence-corrected chi connectivity index (χ1v) is 4.39. The summed E-state index contributed by atoms with van der Waals surface area (Å²) in [6.45, 7) is 3.59. The average molecular weight is 185 g/mol. The van der Waals surface area contributed by atoms with Crippen LogP contribution in [0.3, 0.4) is 0 Å². The molecule has 0 aromatic carbocycles. The van der Waals surface area contributed by atoms with Crippen LogP contribution >= 0.6 is 0 Å². The second-order valence-electron chi connectivity index (χ2n) is 3.34. The molecule has 13 heavy (non-hydrogen) atoms. The van der Waals surface area contributed by atoms with Gasteiger partial charge in [-0.1, -0.05) is 0 Å². The first-order chi connectivity index (χ1) is 6.24. The largest absolute Gasteiger partial charge is 0.424 e. The highest BCUT2D eigenvalue weighted by Gasteiger charge is 2.22. The van der Waals surface area contributed by atoms with Gasteiger partial charge in [-0.05, 0) is 6.42 Å². The standard InChI is InChI=1S/C8H12FN3O/c1-6-10-11-8(13-6)5-12-3-2-7(9)4-12/h7H,2-5H2,1H3. The number of rotatable bonds is 2. The lowest BCUT2D eigenvalue weighted by Crippen LogP contribution is -2.20. The van der Waals surface area contributed by atoms with Gasteiger partial charge < -0.3 is 4.42 Å². The third kappa shape index (κ3) is 2.03. The number of hydrogen-bond donors (Lipinski definition) is 0. The SMILES string of the molecule is Cc1nnc(CN2CCC(F)C2)o1. The van der Waals surface area contributed by atoms with Gasteiger partial charge in [0.05, 0.1) is 6.54 Å². The quantitative estimate of drug-likeness (QED) is 0.687. The molecular formula is C8H12FN3O. The van der Waals surface area contributed by atoms with Crippen LogP contribution in [-0.4, -0.2) is 34.4 Å². The van der Waals surface area contributed by atoms with Crippen molar-refractivity contribution in [2.75, 3.05) is 13.1 Å². The fourth-order valence-electron chi connectivity index (χ4n) is 1.52. The fourth-order valence-corrected chi connectivity index (χ4v) is 1.52. The van der Waals surface area contributed by atoms with Crippen LogP contribution in [0.1, 0.15) is 18.2 Å². The highest BCUT2D eigenvalue weighted by molar-refractivity contribution is 4.83. The smallest absolute Gasteiger partial charge is 0.230 e. The van der Waals surface area contributed by atoms with Crippen molar-refractivity contribution in [3.8, 4) is 0 Å². The van der Waals surface area contributed by atoms with Crippen molar-refractivity contribution in [2.45, 2.75) is 26.1 Å². The van der Waals surface area contributed by atoms with Crippen molar-refractivity contribution in [3.05, 3.63) is 11.8 Å². The zero-order chi connectivity index (χ0) is 9.26. The van der Waals surface area contributed by atoms with Crippen LogP contribution in [0.5, 0.6) is 0 Å². The summed E-state index contributed by atoms with van der Waals surface area (Å²) in [6.07, 6.45) is -0.0725. The Morgan fingerprint density at radius 3 is 3.00 bits per heavy atom. The van der Waals surface area contributed by atoms with Gasteiger partial charge in [0.15, 0.2) is 0 Å². The molecule has 5 heteroatoms. The summed E-state index contributed by atoms with van der Waals surface area (Å²) in [5.41, 5.74) is 0. The van der Waals surface area contributed by atoms with Gasteiger partial charge in [-0.3, -0.25) is 4.90 Å². The summed E-state index contributed by atoms with van der Waals surface area (Å²) in [4.78, 5) is 1.98. The van der Waals surface area contributed by atoms with Gasteiger partial charge in [-0.25, -0.2) is 4.39 Å². The molecule has 2 rings (SSSR count). The van der Waals surface area contributed by atoms with E-state index in [9.17, 15) is 4.39 Å². The van der Waals surface area contributed by atoms with Gasteiger partial charge in [0.2, 0.25) is 11.8 Å². The summed E-state index contributed by atoms with van der Waals surface area (Å²) in [7, 11) is 0. The minimum absolute atomic E-state index is 0.488. The Morgan fingerprint density at radius 1 is 1.62 bits per heavy atom. The summed E-state index contributed by atoms with van der Waals surface area (Å²) in [5, 5.41) is 7.56. The predicted octanol–water partition coefficient (Wildman–Crippen LogP) is 0.922. The lowest BCUT2D eigenvalue weighted by atomic mass is 10.3. The summed E-state index contributed by atoms with van der Waals surface area (Å²) < 4.78 is 18.0. The van der Waals surface area contributed by atoms with Crippen molar-refractivity contribution in [1.82, 2.24) is 15.1 Å². The van der Waals surface area contributed by atoms with Crippen LogP contribution in [0.15, 0.2) is 4.42 Å². The molecule has 0 aliphatic carbocycles. The van der Waals surface area contributed by atoms with E-state index in [0.717, 1.165) is 6.54 Å². The van der Waals surface area contributed by atoms with Gasteiger partial charge in [0, 0.05) is 20.0 Å². The Morgan fingerprint density at radius 2 is 2.46 bits per heavy atom. The second-order valence-corrected chi connectivity index (χ2v) is 3.34. The van der Waals surface area contributed by atoms with Crippen LogP contribution in [0.25, 0.3) is 0 Å². The molecule has 1 atom stereocenters. The van der Waals surface area contributed by atoms with E-state index in [1.165, 1.54) is 0 Å². The van der Waals surface area contributed by atoms with Gasteiger partial charge >= 0.3 is 0 Å². The molecule has 1 aromatic rings. The van der Waals surface area contributed by atoms with Crippen LogP contribution in [0, 0.1) is 6.92 Å². The number of halogens is 1. The van der Waals surface area contributed by atoms with Crippen LogP contribution in [0.2, 0.25) is 0 Å². The minimum Gasteiger partial charge on any atom is -0.424 e. The fraction of sp³-hybridized carbons (Fsp3) is 0.750. The zero-order valence-corrected chi connectivity index (χ0v) is 7.53. The van der Waals surface area contributed by atoms with Gasteiger partial charge in [0.1, 0.15) is 6.17 Å². The predicted molar refractivity (Wildman–Crippen MR) is 43.8 cm³/mol. The Bertz CT molecular complexity index is 289. The van der Waals surface area contributed by atoms with E-state index in [4.69, 9.17) is 4.42 Å². The molecule has 0 radical (unpaired) electrons. The maximum atomic E-state index is 12.8. The van der Waals surface area contributed by atoms with E-state index in [0.29, 0.717) is 31.3 Å². The van der Waals surface area contributed by atoms with E-state index in [1.807, 2.05) is 4.90 Å². The van der Waals surface area contributed by atoms with Gasteiger partial charge in [-0.2, -0.15) is 0 Å². The van der Waals surface area contributed by atoms with E-state index in [-0.39, 0.29) is 0 Å². The molecule has 2 heterocycles. The maximum absolute atomic E-state index is 12.8. The molecule has 1 saturated heterocycles. The monoisotopic (exact) mass is 185 g/mol.